The fraction of sp³-hybridized carbons (Fsp3) is 0.667. The number of aryl methyl sites for hydroxylation is 1. The summed E-state index contributed by atoms with van der Waals surface area (Å²) < 4.78 is 0. The average Bonchev–Trinajstić information content (AvgIpc) is 2.18. The topological polar surface area (TPSA) is 37.8 Å². The number of rotatable bonds is 6. The van der Waals surface area contributed by atoms with E-state index in [2.05, 4.69) is 29.4 Å². The van der Waals surface area contributed by atoms with Gasteiger partial charge < -0.3 is 5.32 Å². The van der Waals surface area contributed by atoms with Crippen LogP contribution in [-0.4, -0.2) is 16.2 Å². The fourth-order valence-corrected chi connectivity index (χ4v) is 1.56. The first kappa shape index (κ1) is 12.0. The number of aromatic nitrogens is 2. The van der Waals surface area contributed by atoms with Crippen LogP contribution in [0.5, 0.6) is 0 Å². The number of hydrogen-bond donors (Lipinski definition) is 1. The lowest BCUT2D eigenvalue weighted by Crippen LogP contribution is -2.16. The first-order valence-corrected chi connectivity index (χ1v) is 5.78. The molecule has 1 heterocycles. The van der Waals surface area contributed by atoms with Crippen LogP contribution in [0.1, 0.15) is 45.1 Å². The molecule has 0 amide bonds. The SMILES string of the molecule is CCCCCC(C)Nc1cc(C)cnn1. The monoisotopic (exact) mass is 207 g/mol. The van der Waals surface area contributed by atoms with Gasteiger partial charge >= 0.3 is 0 Å². The van der Waals surface area contributed by atoms with E-state index < -0.39 is 0 Å². The average molecular weight is 207 g/mol. The van der Waals surface area contributed by atoms with Crippen molar-refractivity contribution in [3.05, 3.63) is 17.8 Å². The molecule has 0 fully saturated rings. The third kappa shape index (κ3) is 4.77. The quantitative estimate of drug-likeness (QED) is 0.728. The molecule has 0 saturated heterocycles. The van der Waals surface area contributed by atoms with Crippen molar-refractivity contribution in [2.45, 2.75) is 52.5 Å². The van der Waals surface area contributed by atoms with Gasteiger partial charge in [0, 0.05) is 6.04 Å². The molecule has 15 heavy (non-hydrogen) atoms. The molecule has 0 spiro atoms. The largest absolute Gasteiger partial charge is 0.366 e. The maximum atomic E-state index is 4.05. The summed E-state index contributed by atoms with van der Waals surface area (Å²) in [5.74, 6) is 0.888. The Bertz CT molecular complexity index is 286. The first-order valence-electron chi connectivity index (χ1n) is 5.78. The second-order valence-electron chi connectivity index (χ2n) is 4.16. The summed E-state index contributed by atoms with van der Waals surface area (Å²) in [7, 11) is 0. The fourth-order valence-electron chi connectivity index (χ4n) is 1.56. The Balaban J connectivity index is 2.34. The van der Waals surface area contributed by atoms with Gasteiger partial charge in [0.25, 0.3) is 0 Å². The third-order valence-electron chi connectivity index (χ3n) is 2.43. The summed E-state index contributed by atoms with van der Waals surface area (Å²) in [6, 6.07) is 2.51. The summed E-state index contributed by atoms with van der Waals surface area (Å²) >= 11 is 0. The molecule has 1 aromatic rings. The van der Waals surface area contributed by atoms with Crippen LogP contribution in [-0.2, 0) is 0 Å². The Hall–Kier alpha value is -1.12. The summed E-state index contributed by atoms with van der Waals surface area (Å²) in [5, 5.41) is 11.3. The van der Waals surface area contributed by atoms with Crippen molar-refractivity contribution in [3.8, 4) is 0 Å². The molecule has 0 bridgehead atoms. The Labute approximate surface area is 92.3 Å². The van der Waals surface area contributed by atoms with Crippen molar-refractivity contribution < 1.29 is 0 Å². The normalized spacial score (nSPS) is 12.5. The summed E-state index contributed by atoms with van der Waals surface area (Å²) in [6.45, 7) is 6.45. The number of nitrogens with one attached hydrogen (secondary N) is 1. The highest BCUT2D eigenvalue weighted by Crippen LogP contribution is 2.09. The molecule has 0 aliphatic rings. The van der Waals surface area contributed by atoms with E-state index in [9.17, 15) is 0 Å². The van der Waals surface area contributed by atoms with Crippen LogP contribution in [0, 0.1) is 6.92 Å². The predicted octanol–water partition coefficient (Wildman–Crippen LogP) is 3.17. The van der Waals surface area contributed by atoms with Crippen LogP contribution in [0.3, 0.4) is 0 Å². The Morgan fingerprint density at radius 2 is 2.20 bits per heavy atom. The third-order valence-corrected chi connectivity index (χ3v) is 2.43. The molecule has 0 aromatic carbocycles. The maximum Gasteiger partial charge on any atom is 0.149 e. The van der Waals surface area contributed by atoms with Gasteiger partial charge in [-0.1, -0.05) is 26.2 Å². The lowest BCUT2D eigenvalue weighted by molar-refractivity contribution is 0.613. The van der Waals surface area contributed by atoms with Gasteiger partial charge in [0.1, 0.15) is 5.82 Å². The highest BCUT2D eigenvalue weighted by molar-refractivity contribution is 5.35. The van der Waals surface area contributed by atoms with E-state index in [0.29, 0.717) is 6.04 Å². The standard InChI is InChI=1S/C12H21N3/c1-4-5-6-7-11(3)14-12-8-10(2)9-13-15-12/h8-9,11H,4-7H2,1-3H3,(H,14,15). The van der Waals surface area contributed by atoms with Crippen LogP contribution < -0.4 is 5.32 Å². The minimum atomic E-state index is 0.479. The van der Waals surface area contributed by atoms with Crippen molar-refractivity contribution in [1.29, 1.82) is 0 Å². The van der Waals surface area contributed by atoms with Crippen LogP contribution >= 0.6 is 0 Å². The van der Waals surface area contributed by atoms with E-state index in [1.807, 2.05) is 13.0 Å². The highest BCUT2D eigenvalue weighted by Gasteiger charge is 2.02. The molecular weight excluding hydrogens is 186 g/mol. The first-order chi connectivity index (χ1) is 7.22. The van der Waals surface area contributed by atoms with Crippen molar-refractivity contribution in [2.75, 3.05) is 5.32 Å². The Morgan fingerprint density at radius 1 is 1.40 bits per heavy atom. The van der Waals surface area contributed by atoms with E-state index >= 15 is 0 Å². The second kappa shape index (κ2) is 6.38. The molecule has 3 heteroatoms. The number of anilines is 1. The summed E-state index contributed by atoms with van der Waals surface area (Å²) in [6.07, 6.45) is 6.84. The van der Waals surface area contributed by atoms with Gasteiger partial charge in [-0.25, -0.2) is 0 Å². The number of nitrogens with zero attached hydrogens (tertiary/aromatic N) is 2. The molecular formula is C12H21N3. The van der Waals surface area contributed by atoms with Gasteiger partial charge in [0.2, 0.25) is 0 Å². The van der Waals surface area contributed by atoms with Gasteiger partial charge in [-0.2, -0.15) is 5.10 Å². The van der Waals surface area contributed by atoms with Gasteiger partial charge in [-0.05, 0) is 31.9 Å². The minimum Gasteiger partial charge on any atom is -0.366 e. The van der Waals surface area contributed by atoms with E-state index in [0.717, 1.165) is 11.4 Å². The van der Waals surface area contributed by atoms with Gasteiger partial charge in [0.15, 0.2) is 0 Å². The van der Waals surface area contributed by atoms with Crippen molar-refractivity contribution in [1.82, 2.24) is 10.2 Å². The Morgan fingerprint density at radius 3 is 2.87 bits per heavy atom. The predicted molar refractivity (Wildman–Crippen MR) is 64.0 cm³/mol. The molecule has 0 radical (unpaired) electrons. The zero-order valence-electron chi connectivity index (χ0n) is 9.95. The molecule has 1 rings (SSSR count). The van der Waals surface area contributed by atoms with Crippen LogP contribution in [0.15, 0.2) is 12.3 Å². The maximum absolute atomic E-state index is 4.05. The van der Waals surface area contributed by atoms with E-state index in [1.165, 1.54) is 25.7 Å². The summed E-state index contributed by atoms with van der Waals surface area (Å²) in [4.78, 5) is 0. The molecule has 1 atom stereocenters. The number of unbranched alkanes of at least 4 members (excludes halogenated alkanes) is 2. The molecule has 0 aliphatic carbocycles. The van der Waals surface area contributed by atoms with E-state index in [-0.39, 0.29) is 0 Å². The molecule has 1 unspecified atom stereocenters. The van der Waals surface area contributed by atoms with Crippen molar-refractivity contribution >= 4 is 5.82 Å². The lowest BCUT2D eigenvalue weighted by atomic mass is 10.1. The molecule has 1 aromatic heterocycles. The zero-order valence-corrected chi connectivity index (χ0v) is 9.95. The van der Waals surface area contributed by atoms with Crippen LogP contribution in [0.2, 0.25) is 0 Å². The second-order valence-corrected chi connectivity index (χ2v) is 4.16. The minimum absolute atomic E-state index is 0.479. The highest BCUT2D eigenvalue weighted by atomic mass is 15.2. The molecule has 3 nitrogen and oxygen atoms in total. The Kier molecular flexibility index (Phi) is 5.08. The van der Waals surface area contributed by atoms with Crippen LogP contribution in [0.25, 0.3) is 0 Å². The van der Waals surface area contributed by atoms with Gasteiger partial charge in [-0.3, -0.25) is 0 Å². The van der Waals surface area contributed by atoms with E-state index in [1.54, 1.807) is 6.20 Å². The molecule has 0 saturated carbocycles. The van der Waals surface area contributed by atoms with Crippen molar-refractivity contribution in [3.63, 3.8) is 0 Å². The number of hydrogen-bond acceptors (Lipinski definition) is 3. The van der Waals surface area contributed by atoms with Gasteiger partial charge in [0.05, 0.1) is 6.20 Å². The van der Waals surface area contributed by atoms with Crippen molar-refractivity contribution in [2.24, 2.45) is 0 Å². The lowest BCUT2D eigenvalue weighted by Gasteiger charge is -2.13. The smallest absolute Gasteiger partial charge is 0.149 e. The van der Waals surface area contributed by atoms with Gasteiger partial charge in [-0.15, -0.1) is 5.10 Å². The molecule has 84 valence electrons. The van der Waals surface area contributed by atoms with Crippen LogP contribution in [0.4, 0.5) is 5.82 Å². The van der Waals surface area contributed by atoms with E-state index in [4.69, 9.17) is 0 Å². The molecule has 0 aliphatic heterocycles. The zero-order chi connectivity index (χ0) is 11.1. The molecule has 1 N–H and O–H groups in total. The summed E-state index contributed by atoms with van der Waals surface area (Å²) in [5.41, 5.74) is 1.15.